The van der Waals surface area contributed by atoms with Crippen LogP contribution in [-0.4, -0.2) is 21.6 Å². The number of hydrogen-bond acceptors (Lipinski definition) is 5. The lowest BCUT2D eigenvalue weighted by Crippen LogP contribution is -2.34. The van der Waals surface area contributed by atoms with Gasteiger partial charge in [0.05, 0.1) is 23.5 Å². The minimum atomic E-state index is -0.388. The fourth-order valence-corrected chi connectivity index (χ4v) is 3.73. The molecule has 146 valence electrons. The lowest BCUT2D eigenvalue weighted by molar-refractivity contribution is 0.414. The maximum Gasteiger partial charge on any atom is 0.266 e. The van der Waals surface area contributed by atoms with Gasteiger partial charge >= 0.3 is 0 Å². The van der Waals surface area contributed by atoms with E-state index in [9.17, 15) is 14.7 Å². The Hall–Kier alpha value is -4.19. The number of aliphatic hydroxyl groups excluding tert-OH is 1. The molecule has 0 spiro atoms. The number of ether oxygens (including phenoxy) is 1. The van der Waals surface area contributed by atoms with Crippen LogP contribution in [0.15, 0.2) is 82.4 Å². The summed E-state index contributed by atoms with van der Waals surface area (Å²) in [5, 5.41) is 11.8. The molecule has 5 aromatic rings. The molecule has 3 aromatic carbocycles. The molecule has 0 fully saturated rings. The Morgan fingerprint density at radius 1 is 0.900 bits per heavy atom. The molecule has 0 aliphatic heterocycles. The summed E-state index contributed by atoms with van der Waals surface area (Å²) in [5.41, 5.74) is 0.771. The van der Waals surface area contributed by atoms with Crippen molar-refractivity contribution in [1.82, 2.24) is 9.38 Å². The molecule has 0 aliphatic carbocycles. The average molecular weight is 396 g/mol. The van der Waals surface area contributed by atoms with Crippen LogP contribution in [0.1, 0.15) is 5.56 Å². The van der Waals surface area contributed by atoms with Crippen LogP contribution < -0.4 is 20.9 Å². The summed E-state index contributed by atoms with van der Waals surface area (Å²) in [5.74, 6) is 0.380. The van der Waals surface area contributed by atoms with Crippen LogP contribution in [0.25, 0.3) is 33.2 Å². The van der Waals surface area contributed by atoms with Gasteiger partial charge in [-0.05, 0) is 48.5 Å². The largest absolute Gasteiger partial charge is 0.506 e. The smallest absolute Gasteiger partial charge is 0.266 e. The standard InChI is InChI=1S/C24H16N2O4/c1-30-15-12-10-14(11-13-15)21(27)20-22(28)17-7-3-5-9-19(17)26-23(20)25-18-8-4-2-6-16(18)24(26)29/h2-13,27H,1H3/b21-20-. The number of nitrogens with zero attached hydrogens (tertiary/aromatic N) is 2. The van der Waals surface area contributed by atoms with Crippen molar-refractivity contribution in [2.24, 2.45) is 0 Å². The highest BCUT2D eigenvalue weighted by molar-refractivity contribution is 5.87. The van der Waals surface area contributed by atoms with E-state index in [-0.39, 0.29) is 27.6 Å². The Kier molecular flexibility index (Phi) is 3.99. The second kappa shape index (κ2) is 6.70. The average Bonchev–Trinajstić information content (AvgIpc) is 2.79. The first-order valence-corrected chi connectivity index (χ1v) is 9.34. The van der Waals surface area contributed by atoms with E-state index in [4.69, 9.17) is 4.74 Å². The molecule has 0 saturated heterocycles. The molecule has 0 bridgehead atoms. The van der Waals surface area contributed by atoms with Crippen LogP contribution in [0, 0.1) is 0 Å². The Balaban J connectivity index is 2.07. The summed E-state index contributed by atoms with van der Waals surface area (Å²) >= 11 is 0. The van der Waals surface area contributed by atoms with Crippen molar-refractivity contribution in [3.63, 3.8) is 0 Å². The van der Waals surface area contributed by atoms with Gasteiger partial charge in [0.15, 0.2) is 5.65 Å². The Morgan fingerprint density at radius 3 is 2.30 bits per heavy atom. The number of pyridine rings is 1. The zero-order valence-corrected chi connectivity index (χ0v) is 16.0. The predicted molar refractivity (Wildman–Crippen MR) is 116 cm³/mol. The monoisotopic (exact) mass is 396 g/mol. The van der Waals surface area contributed by atoms with Gasteiger partial charge in [0.25, 0.3) is 5.56 Å². The fraction of sp³-hybridized carbons (Fsp3) is 0.0417. The van der Waals surface area contributed by atoms with Crippen LogP contribution in [0.4, 0.5) is 0 Å². The van der Waals surface area contributed by atoms with Crippen molar-refractivity contribution < 1.29 is 9.84 Å². The summed E-state index contributed by atoms with van der Waals surface area (Å²) in [7, 11) is 1.55. The minimum Gasteiger partial charge on any atom is -0.506 e. The second-order valence-corrected chi connectivity index (χ2v) is 6.89. The zero-order chi connectivity index (χ0) is 20.8. The van der Waals surface area contributed by atoms with Gasteiger partial charge in [-0.1, -0.05) is 24.3 Å². The number of methoxy groups -OCH3 is 1. The lowest BCUT2D eigenvalue weighted by atomic mass is 10.1. The third-order valence-electron chi connectivity index (χ3n) is 5.22. The van der Waals surface area contributed by atoms with E-state index in [1.54, 1.807) is 79.9 Å². The highest BCUT2D eigenvalue weighted by atomic mass is 16.5. The van der Waals surface area contributed by atoms with Crippen molar-refractivity contribution in [3.05, 3.63) is 104 Å². The number of benzene rings is 3. The molecule has 30 heavy (non-hydrogen) atoms. The Bertz CT molecular complexity index is 1620. The first-order valence-electron chi connectivity index (χ1n) is 9.34. The molecule has 0 amide bonds. The molecule has 6 nitrogen and oxygen atoms in total. The quantitative estimate of drug-likeness (QED) is 0.367. The second-order valence-electron chi connectivity index (χ2n) is 6.89. The Morgan fingerprint density at radius 2 is 1.57 bits per heavy atom. The summed E-state index contributed by atoms with van der Waals surface area (Å²) in [6.45, 7) is 0. The van der Waals surface area contributed by atoms with E-state index in [2.05, 4.69) is 4.98 Å². The molecule has 2 aromatic heterocycles. The summed E-state index contributed by atoms with van der Waals surface area (Å²) in [6, 6.07) is 20.5. The normalized spacial score (nSPS) is 12.4. The van der Waals surface area contributed by atoms with E-state index in [0.717, 1.165) is 0 Å². The van der Waals surface area contributed by atoms with Crippen LogP contribution >= 0.6 is 0 Å². The van der Waals surface area contributed by atoms with Crippen LogP contribution in [0.3, 0.4) is 0 Å². The van der Waals surface area contributed by atoms with Gasteiger partial charge in [0.1, 0.15) is 16.7 Å². The molecular weight excluding hydrogens is 380 g/mol. The molecule has 6 heteroatoms. The van der Waals surface area contributed by atoms with Gasteiger partial charge in [-0.25, -0.2) is 4.98 Å². The molecule has 1 N–H and O–H groups in total. The van der Waals surface area contributed by atoms with Gasteiger partial charge in [0.2, 0.25) is 5.43 Å². The zero-order valence-electron chi connectivity index (χ0n) is 16.0. The summed E-state index contributed by atoms with van der Waals surface area (Å²) in [6.07, 6.45) is 0. The summed E-state index contributed by atoms with van der Waals surface area (Å²) in [4.78, 5) is 31.3. The number of hydrogen-bond donors (Lipinski definition) is 1. The molecule has 0 unspecified atom stereocenters. The number of rotatable bonds is 2. The molecule has 5 rings (SSSR count). The predicted octanol–water partition coefficient (Wildman–Crippen LogP) is 2.80. The third kappa shape index (κ3) is 2.54. The molecular formula is C24H16N2O4. The van der Waals surface area contributed by atoms with Crippen molar-refractivity contribution in [3.8, 4) is 5.75 Å². The highest BCUT2D eigenvalue weighted by Gasteiger charge is 2.16. The lowest BCUT2D eigenvalue weighted by Gasteiger charge is -2.09. The van der Waals surface area contributed by atoms with E-state index in [0.29, 0.717) is 33.1 Å². The van der Waals surface area contributed by atoms with E-state index < -0.39 is 0 Å². The van der Waals surface area contributed by atoms with Crippen molar-refractivity contribution >= 4 is 33.2 Å². The van der Waals surface area contributed by atoms with Gasteiger partial charge in [0, 0.05) is 10.9 Å². The number of aromatic nitrogens is 2. The molecule has 0 aliphatic rings. The Labute approximate surface area is 169 Å². The van der Waals surface area contributed by atoms with Crippen LogP contribution in [0.2, 0.25) is 0 Å². The first kappa shape index (κ1) is 17.9. The maximum absolute atomic E-state index is 13.4. The van der Waals surface area contributed by atoms with Crippen molar-refractivity contribution in [2.45, 2.75) is 0 Å². The molecule has 0 radical (unpaired) electrons. The van der Waals surface area contributed by atoms with E-state index in [1.807, 2.05) is 0 Å². The number of aliphatic hydroxyl groups is 1. The first-order chi connectivity index (χ1) is 14.6. The van der Waals surface area contributed by atoms with E-state index >= 15 is 0 Å². The molecule has 2 heterocycles. The minimum absolute atomic E-state index is 0.0123. The van der Waals surface area contributed by atoms with Crippen LogP contribution in [0.5, 0.6) is 5.75 Å². The molecule has 0 saturated carbocycles. The topological polar surface area (TPSA) is 80.9 Å². The van der Waals surface area contributed by atoms with Crippen molar-refractivity contribution in [1.29, 1.82) is 0 Å². The van der Waals surface area contributed by atoms with Gasteiger partial charge < -0.3 is 9.84 Å². The fourth-order valence-electron chi connectivity index (χ4n) is 3.73. The van der Waals surface area contributed by atoms with Gasteiger partial charge in [-0.3, -0.25) is 14.0 Å². The van der Waals surface area contributed by atoms with Gasteiger partial charge in [-0.15, -0.1) is 0 Å². The summed E-state index contributed by atoms with van der Waals surface area (Å²) < 4.78 is 6.56. The highest BCUT2D eigenvalue weighted by Crippen LogP contribution is 2.17. The third-order valence-corrected chi connectivity index (χ3v) is 5.22. The van der Waals surface area contributed by atoms with E-state index in [1.165, 1.54) is 4.40 Å². The maximum atomic E-state index is 13.4. The van der Waals surface area contributed by atoms with Gasteiger partial charge in [-0.2, -0.15) is 0 Å². The van der Waals surface area contributed by atoms with Crippen LogP contribution in [-0.2, 0) is 0 Å². The molecule has 0 atom stereocenters. The number of fused-ring (bicyclic) bond motifs is 4. The number of para-hydroxylation sites is 2. The SMILES string of the molecule is COc1ccc(/C(O)=c2\c(=O)c3ccccc3n3c(=O)c4ccccc4nc23)cc1. The van der Waals surface area contributed by atoms with Crippen molar-refractivity contribution in [2.75, 3.05) is 7.11 Å².